The van der Waals surface area contributed by atoms with Gasteiger partial charge in [-0.2, -0.15) is 0 Å². The van der Waals surface area contributed by atoms with Crippen molar-refractivity contribution in [1.82, 2.24) is 5.32 Å². The fourth-order valence-electron chi connectivity index (χ4n) is 3.30. The number of hydrogen-bond acceptors (Lipinski definition) is 2. The van der Waals surface area contributed by atoms with Crippen LogP contribution in [0.2, 0.25) is 0 Å². The van der Waals surface area contributed by atoms with Gasteiger partial charge in [-0.1, -0.05) is 32.0 Å². The van der Waals surface area contributed by atoms with E-state index in [0.29, 0.717) is 11.3 Å². The molecule has 0 bridgehead atoms. The molecule has 1 aliphatic carbocycles. The Labute approximate surface area is 122 Å². The van der Waals surface area contributed by atoms with Gasteiger partial charge >= 0.3 is 0 Å². The summed E-state index contributed by atoms with van der Waals surface area (Å²) in [7, 11) is 0. The highest BCUT2D eigenvalue weighted by atomic mass is 16.5. The van der Waals surface area contributed by atoms with Crippen LogP contribution in [0.15, 0.2) is 24.3 Å². The second-order valence-corrected chi connectivity index (χ2v) is 7.22. The minimum atomic E-state index is 0.400. The van der Waals surface area contributed by atoms with Crippen LogP contribution in [0.4, 0.5) is 0 Å². The highest BCUT2D eigenvalue weighted by molar-refractivity contribution is 5.37. The van der Waals surface area contributed by atoms with E-state index in [9.17, 15) is 0 Å². The molecular formula is C18H27NO. The number of rotatable bonds is 6. The average Bonchev–Trinajstić information content (AvgIpc) is 3.23. The van der Waals surface area contributed by atoms with Crippen molar-refractivity contribution in [3.05, 3.63) is 29.8 Å². The van der Waals surface area contributed by atoms with Crippen molar-refractivity contribution in [2.75, 3.05) is 13.2 Å². The van der Waals surface area contributed by atoms with E-state index in [1.54, 1.807) is 0 Å². The normalized spacial score (nSPS) is 22.2. The van der Waals surface area contributed by atoms with Gasteiger partial charge in [0.2, 0.25) is 0 Å². The Morgan fingerprint density at radius 2 is 2.00 bits per heavy atom. The molecular weight excluding hydrogens is 246 g/mol. The molecule has 1 unspecified atom stereocenters. The Bertz CT molecular complexity index is 450. The van der Waals surface area contributed by atoms with E-state index in [4.69, 9.17) is 4.74 Å². The monoisotopic (exact) mass is 273 g/mol. The predicted molar refractivity (Wildman–Crippen MR) is 83.3 cm³/mol. The summed E-state index contributed by atoms with van der Waals surface area (Å²) in [5, 5.41) is 3.64. The summed E-state index contributed by atoms with van der Waals surface area (Å²) in [4.78, 5) is 0. The van der Waals surface area contributed by atoms with E-state index in [1.165, 1.54) is 37.8 Å². The summed E-state index contributed by atoms with van der Waals surface area (Å²) in [5.41, 5.74) is 1.82. The van der Waals surface area contributed by atoms with Crippen molar-refractivity contribution < 1.29 is 4.74 Å². The van der Waals surface area contributed by atoms with Crippen molar-refractivity contribution in [2.24, 2.45) is 5.41 Å². The molecule has 1 N–H and O–H groups in total. The molecule has 0 radical (unpaired) electrons. The summed E-state index contributed by atoms with van der Waals surface area (Å²) >= 11 is 0. The number of fused-ring (bicyclic) bond motifs is 1. The minimum absolute atomic E-state index is 0.400. The molecule has 1 saturated carbocycles. The number of para-hydroxylation sites is 1. The van der Waals surface area contributed by atoms with Gasteiger partial charge in [-0.25, -0.2) is 0 Å². The SMILES string of the molecule is CC(C)(CCNC1CC1)CC1CCOc2ccccc21. The molecule has 1 aromatic rings. The first-order valence-corrected chi connectivity index (χ1v) is 8.09. The van der Waals surface area contributed by atoms with Crippen LogP contribution in [-0.2, 0) is 0 Å². The molecule has 20 heavy (non-hydrogen) atoms. The summed E-state index contributed by atoms with van der Waals surface area (Å²) in [6.45, 7) is 6.87. The lowest BCUT2D eigenvalue weighted by Crippen LogP contribution is -2.26. The number of hydrogen-bond donors (Lipinski definition) is 1. The molecule has 1 atom stereocenters. The average molecular weight is 273 g/mol. The van der Waals surface area contributed by atoms with Crippen molar-refractivity contribution in [1.29, 1.82) is 0 Å². The van der Waals surface area contributed by atoms with Gasteiger partial charge in [0.05, 0.1) is 6.61 Å². The Morgan fingerprint density at radius 1 is 1.20 bits per heavy atom. The second-order valence-electron chi connectivity index (χ2n) is 7.22. The lowest BCUT2D eigenvalue weighted by molar-refractivity contribution is 0.216. The summed E-state index contributed by atoms with van der Waals surface area (Å²) in [6.07, 6.45) is 6.46. The van der Waals surface area contributed by atoms with Gasteiger partial charge in [0, 0.05) is 6.04 Å². The van der Waals surface area contributed by atoms with Crippen molar-refractivity contribution >= 4 is 0 Å². The van der Waals surface area contributed by atoms with E-state index in [-0.39, 0.29) is 0 Å². The molecule has 2 aliphatic rings. The van der Waals surface area contributed by atoms with E-state index < -0.39 is 0 Å². The van der Waals surface area contributed by atoms with Crippen LogP contribution < -0.4 is 10.1 Å². The molecule has 2 nitrogen and oxygen atoms in total. The Hall–Kier alpha value is -1.02. The van der Waals surface area contributed by atoms with Gasteiger partial charge in [-0.15, -0.1) is 0 Å². The number of benzene rings is 1. The zero-order chi connectivity index (χ0) is 14.0. The van der Waals surface area contributed by atoms with Crippen LogP contribution in [0.25, 0.3) is 0 Å². The van der Waals surface area contributed by atoms with Crippen LogP contribution in [0.5, 0.6) is 5.75 Å². The Balaban J connectivity index is 1.58. The summed E-state index contributed by atoms with van der Waals surface area (Å²) < 4.78 is 5.78. The van der Waals surface area contributed by atoms with Crippen LogP contribution in [0.3, 0.4) is 0 Å². The zero-order valence-corrected chi connectivity index (χ0v) is 12.8. The number of ether oxygens (including phenoxy) is 1. The molecule has 0 amide bonds. The molecule has 0 saturated heterocycles. The van der Waals surface area contributed by atoms with Gasteiger partial charge in [-0.3, -0.25) is 0 Å². The quantitative estimate of drug-likeness (QED) is 0.842. The van der Waals surface area contributed by atoms with Gasteiger partial charge in [0.15, 0.2) is 0 Å². The molecule has 1 heterocycles. The number of nitrogens with one attached hydrogen (secondary N) is 1. The smallest absolute Gasteiger partial charge is 0.122 e. The van der Waals surface area contributed by atoms with E-state index in [1.807, 2.05) is 0 Å². The third kappa shape index (κ3) is 3.54. The van der Waals surface area contributed by atoms with E-state index in [2.05, 4.69) is 43.4 Å². The largest absolute Gasteiger partial charge is 0.493 e. The van der Waals surface area contributed by atoms with Gasteiger partial charge < -0.3 is 10.1 Å². The first-order valence-electron chi connectivity index (χ1n) is 8.09. The predicted octanol–water partition coefficient (Wildman–Crippen LogP) is 4.11. The third-order valence-electron chi connectivity index (χ3n) is 4.69. The molecule has 0 spiro atoms. The van der Waals surface area contributed by atoms with Crippen LogP contribution >= 0.6 is 0 Å². The maximum Gasteiger partial charge on any atom is 0.122 e. The van der Waals surface area contributed by atoms with E-state index >= 15 is 0 Å². The molecule has 0 aromatic heterocycles. The lowest BCUT2D eigenvalue weighted by Gasteiger charge is -2.33. The van der Waals surface area contributed by atoms with Crippen LogP contribution in [0.1, 0.15) is 57.4 Å². The molecule has 2 heteroatoms. The van der Waals surface area contributed by atoms with Gasteiger partial charge in [0.1, 0.15) is 5.75 Å². The Kier molecular flexibility index (Phi) is 4.02. The van der Waals surface area contributed by atoms with E-state index in [0.717, 1.165) is 24.8 Å². The zero-order valence-electron chi connectivity index (χ0n) is 12.8. The van der Waals surface area contributed by atoms with Crippen molar-refractivity contribution in [2.45, 2.75) is 57.9 Å². The summed E-state index contributed by atoms with van der Waals surface area (Å²) in [5.74, 6) is 1.77. The highest BCUT2D eigenvalue weighted by Gasteiger charge is 2.29. The molecule has 1 aliphatic heterocycles. The van der Waals surface area contributed by atoms with Crippen molar-refractivity contribution in [3.8, 4) is 5.75 Å². The fourth-order valence-corrected chi connectivity index (χ4v) is 3.30. The van der Waals surface area contributed by atoms with Crippen LogP contribution in [0, 0.1) is 5.41 Å². The summed E-state index contributed by atoms with van der Waals surface area (Å²) in [6, 6.07) is 9.41. The highest BCUT2D eigenvalue weighted by Crippen LogP contribution is 2.41. The minimum Gasteiger partial charge on any atom is -0.493 e. The van der Waals surface area contributed by atoms with Crippen molar-refractivity contribution in [3.63, 3.8) is 0 Å². The molecule has 1 fully saturated rings. The maximum absolute atomic E-state index is 5.78. The third-order valence-corrected chi connectivity index (χ3v) is 4.69. The first kappa shape index (κ1) is 13.9. The Morgan fingerprint density at radius 3 is 2.80 bits per heavy atom. The maximum atomic E-state index is 5.78. The topological polar surface area (TPSA) is 21.3 Å². The van der Waals surface area contributed by atoms with Crippen LogP contribution in [-0.4, -0.2) is 19.2 Å². The standard InChI is InChI=1S/C18H27NO/c1-18(2,10-11-19-15-7-8-15)13-14-9-12-20-17-6-4-3-5-16(14)17/h3-6,14-15,19H,7-13H2,1-2H3. The lowest BCUT2D eigenvalue weighted by atomic mass is 9.76. The van der Waals surface area contributed by atoms with Gasteiger partial charge in [0.25, 0.3) is 0 Å². The molecule has 1 aromatic carbocycles. The van der Waals surface area contributed by atoms with Gasteiger partial charge in [-0.05, 0) is 61.6 Å². The fraction of sp³-hybridized carbons (Fsp3) is 0.667. The molecule has 3 rings (SSSR count). The first-order chi connectivity index (χ1) is 9.64. The molecule has 110 valence electrons. The second kappa shape index (κ2) is 5.77.